The summed E-state index contributed by atoms with van der Waals surface area (Å²) in [6, 6.07) is 5.59. The molecule has 0 spiro atoms. The molecule has 1 aliphatic rings. The highest BCUT2D eigenvalue weighted by Gasteiger charge is 2.16. The largest absolute Gasteiger partial charge is 0.324 e. The number of amides is 1. The number of carbonyl (C=O) groups is 1. The number of sulfonamides is 1. The fraction of sp³-hybridized carbons (Fsp3) is 0.417. The topological polar surface area (TPSA) is 75.3 Å². The summed E-state index contributed by atoms with van der Waals surface area (Å²) in [5.74, 6) is 0.529. The van der Waals surface area contributed by atoms with Gasteiger partial charge >= 0.3 is 0 Å². The molecule has 7 heteroatoms. The van der Waals surface area contributed by atoms with Crippen LogP contribution in [0.15, 0.2) is 23.1 Å². The third-order valence-corrected chi connectivity index (χ3v) is 5.25. The van der Waals surface area contributed by atoms with Gasteiger partial charge in [-0.3, -0.25) is 4.79 Å². The molecule has 19 heavy (non-hydrogen) atoms. The minimum absolute atomic E-state index is 0.0267. The molecular weight excluding hydrogens is 284 g/mol. The Morgan fingerprint density at radius 3 is 2.95 bits per heavy atom. The monoisotopic (exact) mass is 300 g/mol. The molecule has 0 aromatic heterocycles. The Kier molecular flexibility index (Phi) is 4.49. The van der Waals surface area contributed by atoms with E-state index in [1.54, 1.807) is 0 Å². The van der Waals surface area contributed by atoms with Gasteiger partial charge in [-0.25, -0.2) is 13.1 Å². The van der Waals surface area contributed by atoms with Crippen molar-refractivity contribution in [2.24, 2.45) is 0 Å². The Morgan fingerprint density at radius 2 is 2.21 bits per heavy atom. The third-order valence-electron chi connectivity index (χ3n) is 2.65. The number of benzene rings is 1. The van der Waals surface area contributed by atoms with E-state index in [-0.39, 0.29) is 18.2 Å². The van der Waals surface area contributed by atoms with E-state index in [9.17, 15) is 13.2 Å². The van der Waals surface area contributed by atoms with Gasteiger partial charge in [-0.05, 0) is 24.1 Å². The average Bonchev–Trinajstić information content (AvgIpc) is 2.36. The maximum Gasteiger partial charge on any atom is 0.234 e. The Hall–Kier alpha value is -1.05. The molecule has 2 N–H and O–H groups in total. The Morgan fingerprint density at radius 1 is 1.42 bits per heavy atom. The molecule has 0 atom stereocenters. The average molecular weight is 300 g/mol. The van der Waals surface area contributed by atoms with E-state index < -0.39 is 10.0 Å². The number of rotatable bonds is 5. The zero-order valence-corrected chi connectivity index (χ0v) is 12.2. The molecule has 1 aliphatic heterocycles. The van der Waals surface area contributed by atoms with Gasteiger partial charge in [0.1, 0.15) is 0 Å². The van der Waals surface area contributed by atoms with Crippen LogP contribution in [0.25, 0.3) is 0 Å². The minimum atomic E-state index is -3.20. The fourth-order valence-electron chi connectivity index (χ4n) is 1.77. The number of nitrogens with one attached hydrogen (secondary N) is 2. The lowest BCUT2D eigenvalue weighted by Crippen LogP contribution is -2.26. The van der Waals surface area contributed by atoms with Crippen LogP contribution in [0.2, 0.25) is 0 Å². The second kappa shape index (κ2) is 5.94. The molecule has 1 heterocycles. The molecule has 0 unspecified atom stereocenters. The van der Waals surface area contributed by atoms with Crippen molar-refractivity contribution < 1.29 is 13.2 Å². The summed E-state index contributed by atoms with van der Waals surface area (Å²) in [4.78, 5) is 12.3. The summed E-state index contributed by atoms with van der Waals surface area (Å²) >= 11 is 1.49. The Bertz CT molecular complexity index is 585. The molecule has 0 saturated carbocycles. The second-order valence-corrected chi connectivity index (χ2v) is 7.25. The van der Waals surface area contributed by atoms with Crippen LogP contribution < -0.4 is 10.0 Å². The summed E-state index contributed by atoms with van der Waals surface area (Å²) in [5.41, 5.74) is 1.59. The third kappa shape index (κ3) is 3.95. The molecule has 104 valence electrons. The van der Waals surface area contributed by atoms with Gasteiger partial charge in [-0.1, -0.05) is 13.0 Å². The zero-order chi connectivity index (χ0) is 13.9. The first-order valence-electron chi connectivity index (χ1n) is 6.03. The second-order valence-electron chi connectivity index (χ2n) is 4.31. The first-order chi connectivity index (χ1) is 9.00. The van der Waals surface area contributed by atoms with Gasteiger partial charge in [-0.15, -0.1) is 11.8 Å². The summed E-state index contributed by atoms with van der Waals surface area (Å²) < 4.78 is 25.7. The lowest BCUT2D eigenvalue weighted by molar-refractivity contribution is -0.113. The van der Waals surface area contributed by atoms with E-state index in [0.29, 0.717) is 12.2 Å². The first kappa shape index (κ1) is 14.4. The van der Waals surface area contributed by atoms with Crippen LogP contribution in [0.3, 0.4) is 0 Å². The quantitative estimate of drug-likeness (QED) is 0.865. The van der Waals surface area contributed by atoms with Crippen molar-refractivity contribution in [3.63, 3.8) is 0 Å². The van der Waals surface area contributed by atoms with E-state index in [2.05, 4.69) is 10.0 Å². The molecule has 0 saturated heterocycles. The standard InChI is InChI=1S/C12H16N2O3S2/c1-2-5-19(16,17)13-7-9-3-4-11-10(6-9)14-12(15)8-18-11/h3-4,6,13H,2,5,7-8H2,1H3,(H,14,15). The van der Waals surface area contributed by atoms with Crippen molar-refractivity contribution in [2.75, 3.05) is 16.8 Å². The highest BCUT2D eigenvalue weighted by molar-refractivity contribution is 8.00. The smallest absolute Gasteiger partial charge is 0.234 e. The van der Waals surface area contributed by atoms with E-state index in [0.717, 1.165) is 16.1 Å². The van der Waals surface area contributed by atoms with E-state index in [1.165, 1.54) is 11.8 Å². The van der Waals surface area contributed by atoms with Crippen molar-refractivity contribution in [3.8, 4) is 0 Å². The van der Waals surface area contributed by atoms with Gasteiger partial charge < -0.3 is 5.32 Å². The molecule has 1 aromatic carbocycles. The lowest BCUT2D eigenvalue weighted by atomic mass is 10.2. The van der Waals surface area contributed by atoms with Crippen LogP contribution in [-0.4, -0.2) is 25.8 Å². The summed E-state index contributed by atoms with van der Waals surface area (Å²) in [7, 11) is -3.20. The van der Waals surface area contributed by atoms with Crippen molar-refractivity contribution in [1.29, 1.82) is 0 Å². The molecule has 5 nitrogen and oxygen atoms in total. The van der Waals surface area contributed by atoms with Gasteiger partial charge in [0.05, 0.1) is 17.2 Å². The number of thioether (sulfide) groups is 1. The van der Waals surface area contributed by atoms with Gasteiger partial charge in [0, 0.05) is 11.4 Å². The minimum Gasteiger partial charge on any atom is -0.324 e. The van der Waals surface area contributed by atoms with Crippen LogP contribution in [0, 0.1) is 0 Å². The SMILES string of the molecule is CCCS(=O)(=O)NCc1ccc2c(c1)NC(=O)CS2. The Labute approximate surface area is 117 Å². The van der Waals surface area contributed by atoms with Crippen molar-refractivity contribution in [2.45, 2.75) is 24.8 Å². The molecular formula is C12H16N2O3S2. The van der Waals surface area contributed by atoms with Crippen LogP contribution in [0.1, 0.15) is 18.9 Å². The zero-order valence-electron chi connectivity index (χ0n) is 10.6. The van der Waals surface area contributed by atoms with Crippen molar-refractivity contribution in [3.05, 3.63) is 23.8 Å². The van der Waals surface area contributed by atoms with Gasteiger partial charge in [0.2, 0.25) is 15.9 Å². The maximum atomic E-state index is 11.6. The number of hydrogen-bond acceptors (Lipinski definition) is 4. The predicted molar refractivity (Wildman–Crippen MR) is 76.7 cm³/mol. The van der Waals surface area contributed by atoms with Crippen LogP contribution in [0.4, 0.5) is 5.69 Å². The summed E-state index contributed by atoms with van der Waals surface area (Å²) in [6.07, 6.45) is 0.590. The first-order valence-corrected chi connectivity index (χ1v) is 8.67. The lowest BCUT2D eigenvalue weighted by Gasteiger charge is -2.17. The van der Waals surface area contributed by atoms with Crippen LogP contribution in [-0.2, 0) is 21.4 Å². The van der Waals surface area contributed by atoms with Crippen LogP contribution >= 0.6 is 11.8 Å². The van der Waals surface area contributed by atoms with Crippen molar-refractivity contribution in [1.82, 2.24) is 4.72 Å². The van der Waals surface area contributed by atoms with E-state index in [1.807, 2.05) is 25.1 Å². The molecule has 0 aliphatic carbocycles. The fourth-order valence-corrected chi connectivity index (χ4v) is 3.63. The molecule has 1 amide bonds. The highest BCUT2D eigenvalue weighted by atomic mass is 32.2. The molecule has 0 fully saturated rings. The summed E-state index contributed by atoms with van der Waals surface area (Å²) in [5, 5.41) is 2.79. The molecule has 1 aromatic rings. The highest BCUT2D eigenvalue weighted by Crippen LogP contribution is 2.31. The molecule has 0 bridgehead atoms. The van der Waals surface area contributed by atoms with Gasteiger partial charge in [-0.2, -0.15) is 0 Å². The number of fused-ring (bicyclic) bond motifs is 1. The van der Waals surface area contributed by atoms with Gasteiger partial charge in [0.15, 0.2) is 0 Å². The van der Waals surface area contributed by atoms with E-state index >= 15 is 0 Å². The predicted octanol–water partition coefficient (Wildman–Crippen LogP) is 1.56. The molecule has 2 rings (SSSR count). The normalized spacial score (nSPS) is 14.9. The van der Waals surface area contributed by atoms with E-state index in [4.69, 9.17) is 0 Å². The van der Waals surface area contributed by atoms with Gasteiger partial charge in [0.25, 0.3) is 0 Å². The molecule has 0 radical (unpaired) electrons. The number of carbonyl (C=O) groups excluding carboxylic acids is 1. The number of hydrogen-bond donors (Lipinski definition) is 2. The Balaban J connectivity index is 2.06. The maximum absolute atomic E-state index is 11.6. The van der Waals surface area contributed by atoms with Crippen molar-refractivity contribution >= 4 is 33.4 Å². The van der Waals surface area contributed by atoms with Crippen LogP contribution in [0.5, 0.6) is 0 Å². The summed E-state index contributed by atoms with van der Waals surface area (Å²) in [6.45, 7) is 2.07. The number of anilines is 1.